The molecule has 0 aliphatic rings. The Morgan fingerprint density at radius 1 is 1.70 bits per heavy atom. The van der Waals surface area contributed by atoms with Gasteiger partial charge in [0, 0.05) is 6.07 Å². The minimum atomic E-state index is -3.42. The van der Waals surface area contributed by atoms with Gasteiger partial charge in [-0.3, -0.25) is 0 Å². The number of hydrogen-bond donors (Lipinski definition) is 1. The molecular formula is C4H6N2O3S. The van der Waals surface area contributed by atoms with Gasteiger partial charge in [-0.2, -0.15) is 13.5 Å². The molecule has 1 rings (SSSR count). The van der Waals surface area contributed by atoms with Crippen molar-refractivity contribution >= 4 is 10.1 Å². The van der Waals surface area contributed by atoms with E-state index in [4.69, 9.17) is 0 Å². The maximum absolute atomic E-state index is 10.4. The summed E-state index contributed by atoms with van der Waals surface area (Å²) in [6, 6.07) is 1.42. The molecule has 1 N–H and O–H groups in total. The monoisotopic (exact) mass is 162 g/mol. The number of nitrogens with zero attached hydrogens (tertiary/aromatic N) is 1. The van der Waals surface area contributed by atoms with Gasteiger partial charge in [0.05, 0.1) is 12.5 Å². The molecule has 5 nitrogen and oxygen atoms in total. The van der Waals surface area contributed by atoms with E-state index >= 15 is 0 Å². The minimum Gasteiger partial charge on any atom is -0.362 e. The minimum absolute atomic E-state index is 0.127. The Kier molecular flexibility index (Phi) is 1.62. The second-order valence-corrected chi connectivity index (χ2v) is 3.28. The van der Waals surface area contributed by atoms with Gasteiger partial charge < -0.3 is 4.18 Å². The molecule has 0 aromatic carbocycles. The van der Waals surface area contributed by atoms with Crippen LogP contribution in [0.5, 0.6) is 5.88 Å². The van der Waals surface area contributed by atoms with E-state index in [1.807, 2.05) is 0 Å². The van der Waals surface area contributed by atoms with Crippen molar-refractivity contribution in [1.29, 1.82) is 0 Å². The SMILES string of the molecule is CS(=O)(=O)Oc1ccn[nH]1. The van der Waals surface area contributed by atoms with Crippen LogP contribution in [0.25, 0.3) is 0 Å². The van der Waals surface area contributed by atoms with Crippen molar-refractivity contribution in [3.05, 3.63) is 12.3 Å². The Morgan fingerprint density at radius 3 is 2.80 bits per heavy atom. The van der Waals surface area contributed by atoms with Crippen LogP contribution in [-0.4, -0.2) is 24.9 Å². The van der Waals surface area contributed by atoms with Gasteiger partial charge in [-0.25, -0.2) is 5.10 Å². The molecule has 1 heterocycles. The molecule has 0 aliphatic carbocycles. The van der Waals surface area contributed by atoms with Gasteiger partial charge >= 0.3 is 10.1 Å². The molecule has 0 unspecified atom stereocenters. The lowest BCUT2D eigenvalue weighted by atomic mass is 10.7. The fraction of sp³-hybridized carbons (Fsp3) is 0.250. The van der Waals surface area contributed by atoms with Gasteiger partial charge in [0.2, 0.25) is 5.88 Å². The van der Waals surface area contributed by atoms with Crippen molar-refractivity contribution in [3.8, 4) is 5.88 Å². The van der Waals surface area contributed by atoms with Crippen LogP contribution in [0.2, 0.25) is 0 Å². The Bertz CT molecular complexity index is 288. The summed E-state index contributed by atoms with van der Waals surface area (Å²) in [5.41, 5.74) is 0. The average Bonchev–Trinajstić information content (AvgIpc) is 2.12. The third kappa shape index (κ3) is 2.06. The molecule has 0 saturated heterocycles. The molecule has 56 valence electrons. The third-order valence-electron chi connectivity index (χ3n) is 0.716. The topological polar surface area (TPSA) is 72.1 Å². The van der Waals surface area contributed by atoms with E-state index < -0.39 is 10.1 Å². The van der Waals surface area contributed by atoms with E-state index in [1.54, 1.807) is 0 Å². The Morgan fingerprint density at radius 2 is 2.40 bits per heavy atom. The summed E-state index contributed by atoms with van der Waals surface area (Å²) in [6.07, 6.45) is 2.37. The van der Waals surface area contributed by atoms with Crippen LogP contribution < -0.4 is 4.18 Å². The number of aromatic nitrogens is 2. The van der Waals surface area contributed by atoms with Gasteiger partial charge in [-0.05, 0) is 0 Å². The molecule has 0 bridgehead atoms. The lowest BCUT2D eigenvalue weighted by molar-refractivity contribution is 0.482. The zero-order chi connectivity index (χ0) is 7.61. The fourth-order valence-corrected chi connectivity index (χ4v) is 0.872. The summed E-state index contributed by atoms with van der Waals surface area (Å²) in [7, 11) is -3.42. The van der Waals surface area contributed by atoms with E-state index in [1.165, 1.54) is 12.3 Å². The summed E-state index contributed by atoms with van der Waals surface area (Å²) >= 11 is 0. The molecule has 0 aliphatic heterocycles. The Labute approximate surface area is 58.1 Å². The first-order chi connectivity index (χ1) is 4.58. The van der Waals surface area contributed by atoms with Gasteiger partial charge in [0.1, 0.15) is 0 Å². The highest BCUT2D eigenvalue weighted by molar-refractivity contribution is 7.86. The zero-order valence-corrected chi connectivity index (χ0v) is 6.05. The normalized spacial score (nSPS) is 11.3. The molecular weight excluding hydrogens is 156 g/mol. The number of rotatable bonds is 2. The number of hydrogen-bond acceptors (Lipinski definition) is 4. The van der Waals surface area contributed by atoms with Gasteiger partial charge in [-0.1, -0.05) is 0 Å². The number of H-pyrrole nitrogens is 1. The van der Waals surface area contributed by atoms with Crippen molar-refractivity contribution in [2.45, 2.75) is 0 Å². The van der Waals surface area contributed by atoms with Crippen LogP contribution in [0.1, 0.15) is 0 Å². The first-order valence-electron chi connectivity index (χ1n) is 2.47. The van der Waals surface area contributed by atoms with Crippen LogP contribution in [0.15, 0.2) is 12.3 Å². The summed E-state index contributed by atoms with van der Waals surface area (Å²) in [6.45, 7) is 0. The van der Waals surface area contributed by atoms with Crippen LogP contribution >= 0.6 is 0 Å². The van der Waals surface area contributed by atoms with Crippen molar-refractivity contribution in [1.82, 2.24) is 10.2 Å². The second kappa shape index (κ2) is 2.30. The molecule has 0 saturated carbocycles. The molecule has 1 aromatic rings. The second-order valence-electron chi connectivity index (χ2n) is 1.71. The predicted octanol–water partition coefficient (Wildman–Crippen LogP) is -0.252. The molecule has 6 heteroatoms. The van der Waals surface area contributed by atoms with Crippen molar-refractivity contribution in [2.75, 3.05) is 6.26 Å². The van der Waals surface area contributed by atoms with Crippen LogP contribution in [0.3, 0.4) is 0 Å². The van der Waals surface area contributed by atoms with E-state index in [9.17, 15) is 8.42 Å². The van der Waals surface area contributed by atoms with Crippen molar-refractivity contribution in [3.63, 3.8) is 0 Å². The van der Waals surface area contributed by atoms with E-state index in [0.29, 0.717) is 0 Å². The van der Waals surface area contributed by atoms with Gasteiger partial charge in [-0.15, -0.1) is 0 Å². The number of aromatic amines is 1. The number of nitrogens with one attached hydrogen (secondary N) is 1. The molecule has 0 spiro atoms. The largest absolute Gasteiger partial charge is 0.362 e. The summed E-state index contributed by atoms with van der Waals surface area (Å²) in [5, 5.41) is 5.83. The third-order valence-corrected chi connectivity index (χ3v) is 1.20. The maximum atomic E-state index is 10.4. The van der Waals surface area contributed by atoms with E-state index in [-0.39, 0.29) is 5.88 Å². The fourth-order valence-electron chi connectivity index (χ4n) is 0.453. The average molecular weight is 162 g/mol. The van der Waals surface area contributed by atoms with E-state index in [2.05, 4.69) is 14.4 Å². The first-order valence-corrected chi connectivity index (χ1v) is 4.28. The predicted molar refractivity (Wildman–Crippen MR) is 34.1 cm³/mol. The lowest BCUT2D eigenvalue weighted by Crippen LogP contribution is -2.05. The maximum Gasteiger partial charge on any atom is 0.307 e. The molecule has 10 heavy (non-hydrogen) atoms. The Hall–Kier alpha value is -1.04. The Balaban J connectivity index is 2.75. The quantitative estimate of drug-likeness (QED) is 0.608. The molecule has 0 atom stereocenters. The highest BCUT2D eigenvalue weighted by Gasteiger charge is 2.03. The van der Waals surface area contributed by atoms with Crippen molar-refractivity contribution in [2.24, 2.45) is 0 Å². The zero-order valence-electron chi connectivity index (χ0n) is 5.23. The van der Waals surface area contributed by atoms with Gasteiger partial charge in [0.15, 0.2) is 0 Å². The van der Waals surface area contributed by atoms with Crippen molar-refractivity contribution < 1.29 is 12.6 Å². The van der Waals surface area contributed by atoms with Crippen LogP contribution in [0.4, 0.5) is 0 Å². The summed E-state index contributed by atoms with van der Waals surface area (Å²) in [5.74, 6) is 0.127. The summed E-state index contributed by atoms with van der Waals surface area (Å²) < 4.78 is 25.3. The van der Waals surface area contributed by atoms with Gasteiger partial charge in [0.25, 0.3) is 0 Å². The summed E-state index contributed by atoms with van der Waals surface area (Å²) in [4.78, 5) is 0. The van der Waals surface area contributed by atoms with Crippen LogP contribution in [-0.2, 0) is 10.1 Å². The highest BCUT2D eigenvalue weighted by Crippen LogP contribution is 2.04. The molecule has 1 aromatic heterocycles. The first kappa shape index (κ1) is 7.07. The highest BCUT2D eigenvalue weighted by atomic mass is 32.2. The standard InChI is InChI=1S/C4H6N2O3S/c1-10(7,8)9-4-2-3-5-6-4/h2-3H,1H3,(H,5,6). The lowest BCUT2D eigenvalue weighted by Gasteiger charge is -1.95. The van der Waals surface area contributed by atoms with Crippen LogP contribution in [0, 0.1) is 0 Å². The van der Waals surface area contributed by atoms with E-state index in [0.717, 1.165) is 6.26 Å². The molecule has 0 fully saturated rings. The molecule has 0 radical (unpaired) electrons. The molecule has 0 amide bonds. The smallest absolute Gasteiger partial charge is 0.307 e.